The average molecular weight is 451 g/mol. The number of rotatable bonds is 7. The second-order valence-electron chi connectivity index (χ2n) is 6.81. The van der Waals surface area contributed by atoms with Gasteiger partial charge in [0.25, 0.3) is 11.8 Å². The van der Waals surface area contributed by atoms with E-state index in [-0.39, 0.29) is 18.3 Å². The Morgan fingerprint density at radius 3 is 2.22 bits per heavy atom. The fraction of sp³-hybridized carbons (Fsp3) is 0.0909. The van der Waals surface area contributed by atoms with Crippen molar-refractivity contribution < 1.29 is 14.3 Å². The molecule has 2 aromatic carbocycles. The Hall–Kier alpha value is -4.11. The third kappa shape index (κ3) is 5.13. The van der Waals surface area contributed by atoms with Crippen LogP contribution in [-0.4, -0.2) is 31.4 Å². The van der Waals surface area contributed by atoms with E-state index >= 15 is 0 Å². The zero-order valence-corrected chi connectivity index (χ0v) is 17.8. The number of benzene rings is 2. The van der Waals surface area contributed by atoms with Crippen molar-refractivity contribution >= 4 is 34.8 Å². The molecule has 2 aromatic heterocycles. The number of hydrogen-bond donors (Lipinski definition) is 2. The topological polar surface area (TPSA) is 103 Å². The Morgan fingerprint density at radius 1 is 0.906 bits per heavy atom. The Bertz CT molecular complexity index is 1270. The lowest BCUT2D eigenvalue weighted by molar-refractivity contribution is 0.101. The molecule has 0 aliphatic carbocycles. The minimum absolute atomic E-state index is 0.103. The first-order chi connectivity index (χ1) is 15.5. The molecule has 10 heteroatoms. The first-order valence-corrected chi connectivity index (χ1v) is 9.99. The van der Waals surface area contributed by atoms with Gasteiger partial charge in [-0.3, -0.25) is 14.3 Å². The number of nitrogens with one attached hydrogen (secondary N) is 2. The number of aryl methyl sites for hydroxylation is 1. The molecule has 0 aliphatic heterocycles. The van der Waals surface area contributed by atoms with Gasteiger partial charge in [-0.15, -0.1) is 0 Å². The third-order valence-corrected chi connectivity index (χ3v) is 4.70. The van der Waals surface area contributed by atoms with Crippen molar-refractivity contribution in [3.8, 4) is 5.75 Å². The molecule has 4 rings (SSSR count). The minimum atomic E-state index is -0.394. The second kappa shape index (κ2) is 9.36. The molecular weight excluding hydrogens is 432 g/mol. The van der Waals surface area contributed by atoms with E-state index in [0.29, 0.717) is 27.8 Å². The lowest BCUT2D eigenvalue weighted by atomic mass is 10.2. The smallest absolute Gasteiger partial charge is 0.276 e. The molecule has 9 nitrogen and oxygen atoms in total. The number of hydrogen-bond acceptors (Lipinski definition) is 5. The molecule has 162 valence electrons. The van der Waals surface area contributed by atoms with Gasteiger partial charge < -0.3 is 15.4 Å². The van der Waals surface area contributed by atoms with Crippen molar-refractivity contribution in [3.63, 3.8) is 0 Å². The summed E-state index contributed by atoms with van der Waals surface area (Å²) in [6, 6.07) is 17.1. The van der Waals surface area contributed by atoms with E-state index in [9.17, 15) is 9.59 Å². The van der Waals surface area contributed by atoms with E-state index in [1.165, 1.54) is 4.68 Å². The number of nitrogens with zero attached hydrogens (tertiary/aromatic N) is 4. The van der Waals surface area contributed by atoms with Crippen LogP contribution in [0.4, 0.5) is 11.4 Å². The van der Waals surface area contributed by atoms with Crippen molar-refractivity contribution in [1.29, 1.82) is 0 Å². The Labute approximate surface area is 188 Å². The molecule has 2 amide bonds. The van der Waals surface area contributed by atoms with Crippen LogP contribution in [-0.2, 0) is 13.8 Å². The molecule has 0 fully saturated rings. The van der Waals surface area contributed by atoms with Gasteiger partial charge in [0.2, 0.25) is 0 Å². The predicted molar refractivity (Wildman–Crippen MR) is 120 cm³/mol. The number of carbonyl (C=O) groups is 2. The van der Waals surface area contributed by atoms with Crippen molar-refractivity contribution in [2.75, 3.05) is 10.6 Å². The highest BCUT2D eigenvalue weighted by Gasteiger charge is 2.12. The maximum absolute atomic E-state index is 12.6. The van der Waals surface area contributed by atoms with E-state index in [4.69, 9.17) is 16.3 Å². The second-order valence-corrected chi connectivity index (χ2v) is 7.22. The van der Waals surface area contributed by atoms with Crippen LogP contribution < -0.4 is 15.4 Å². The number of halogens is 1. The van der Waals surface area contributed by atoms with Crippen LogP contribution in [0, 0.1) is 0 Å². The SMILES string of the molecule is Cn1ccc(C(=O)Nc2cccc(NC(=O)c3ccn(COc4ccccc4Cl)n3)c2)n1. The zero-order chi connectivity index (χ0) is 22.5. The Kier molecular flexibility index (Phi) is 6.18. The summed E-state index contributed by atoms with van der Waals surface area (Å²) in [5.41, 5.74) is 1.55. The fourth-order valence-corrected chi connectivity index (χ4v) is 3.04. The van der Waals surface area contributed by atoms with Gasteiger partial charge in [0, 0.05) is 30.8 Å². The van der Waals surface area contributed by atoms with Crippen LogP contribution in [0.25, 0.3) is 0 Å². The molecule has 32 heavy (non-hydrogen) atoms. The van der Waals surface area contributed by atoms with Crippen molar-refractivity contribution in [2.24, 2.45) is 7.05 Å². The summed E-state index contributed by atoms with van der Waals surface area (Å²) in [6.07, 6.45) is 3.32. The standard InChI is InChI=1S/C22H19ClN6O3/c1-28-11-9-18(26-28)21(30)24-15-5-4-6-16(13-15)25-22(31)19-10-12-29(27-19)14-32-20-8-3-2-7-17(20)23/h2-13H,14H2,1H3,(H,24,30)(H,25,31). The van der Waals surface area contributed by atoms with E-state index in [1.54, 1.807) is 72.7 Å². The summed E-state index contributed by atoms with van der Waals surface area (Å²) in [4.78, 5) is 24.8. The van der Waals surface area contributed by atoms with Gasteiger partial charge in [-0.2, -0.15) is 10.2 Å². The lowest BCUT2D eigenvalue weighted by Gasteiger charge is -2.08. The number of amides is 2. The maximum atomic E-state index is 12.6. The summed E-state index contributed by atoms with van der Waals surface area (Å²) >= 11 is 6.07. The van der Waals surface area contributed by atoms with Crippen LogP contribution in [0.15, 0.2) is 73.1 Å². The van der Waals surface area contributed by atoms with Crippen LogP contribution in [0.2, 0.25) is 5.02 Å². The van der Waals surface area contributed by atoms with Crippen molar-refractivity contribution in [1.82, 2.24) is 19.6 Å². The molecule has 4 aromatic rings. The highest BCUT2D eigenvalue weighted by atomic mass is 35.5. The van der Waals surface area contributed by atoms with Gasteiger partial charge in [-0.1, -0.05) is 29.8 Å². The molecule has 0 atom stereocenters. The van der Waals surface area contributed by atoms with E-state index in [1.807, 2.05) is 12.1 Å². The van der Waals surface area contributed by atoms with Gasteiger partial charge in [0.05, 0.1) is 5.02 Å². The summed E-state index contributed by atoms with van der Waals surface area (Å²) in [5.74, 6) is -0.207. The normalized spacial score (nSPS) is 10.6. The summed E-state index contributed by atoms with van der Waals surface area (Å²) in [6.45, 7) is 0.103. The fourth-order valence-electron chi connectivity index (χ4n) is 2.85. The summed E-state index contributed by atoms with van der Waals surface area (Å²) < 4.78 is 8.65. The number of aromatic nitrogens is 4. The first kappa shape index (κ1) is 21.1. The monoisotopic (exact) mass is 450 g/mol. The van der Waals surface area contributed by atoms with Gasteiger partial charge in [-0.25, -0.2) is 4.68 Å². The molecule has 0 aliphatic rings. The molecule has 0 saturated carbocycles. The molecule has 0 radical (unpaired) electrons. The van der Waals surface area contributed by atoms with E-state index in [0.717, 1.165) is 0 Å². The van der Waals surface area contributed by atoms with Gasteiger partial charge in [0.1, 0.15) is 5.75 Å². The van der Waals surface area contributed by atoms with E-state index in [2.05, 4.69) is 20.8 Å². The number of ether oxygens (including phenoxy) is 1. The minimum Gasteiger partial charge on any atom is -0.470 e. The Balaban J connectivity index is 1.36. The zero-order valence-electron chi connectivity index (χ0n) is 17.0. The summed E-state index contributed by atoms with van der Waals surface area (Å²) in [5, 5.41) is 14.3. The van der Waals surface area contributed by atoms with E-state index < -0.39 is 5.91 Å². The average Bonchev–Trinajstić information content (AvgIpc) is 3.43. The van der Waals surface area contributed by atoms with Gasteiger partial charge in [0.15, 0.2) is 18.1 Å². The van der Waals surface area contributed by atoms with Crippen LogP contribution >= 0.6 is 11.6 Å². The number of carbonyl (C=O) groups excluding carboxylic acids is 2. The van der Waals surface area contributed by atoms with Crippen molar-refractivity contribution in [3.05, 3.63) is 89.5 Å². The molecule has 0 bridgehead atoms. The highest BCUT2D eigenvalue weighted by Crippen LogP contribution is 2.23. The largest absolute Gasteiger partial charge is 0.470 e. The number of anilines is 2. The van der Waals surface area contributed by atoms with Gasteiger partial charge in [-0.05, 0) is 42.5 Å². The Morgan fingerprint density at radius 2 is 1.56 bits per heavy atom. The molecule has 0 saturated heterocycles. The van der Waals surface area contributed by atoms with Crippen molar-refractivity contribution in [2.45, 2.75) is 6.73 Å². The molecular formula is C22H19ClN6O3. The molecule has 0 unspecified atom stereocenters. The summed E-state index contributed by atoms with van der Waals surface area (Å²) in [7, 11) is 1.73. The number of para-hydroxylation sites is 1. The van der Waals surface area contributed by atoms with Gasteiger partial charge >= 0.3 is 0 Å². The van der Waals surface area contributed by atoms with Crippen LogP contribution in [0.5, 0.6) is 5.75 Å². The lowest BCUT2D eigenvalue weighted by Crippen LogP contribution is -2.15. The highest BCUT2D eigenvalue weighted by molar-refractivity contribution is 6.32. The first-order valence-electron chi connectivity index (χ1n) is 9.61. The quantitative estimate of drug-likeness (QED) is 0.445. The third-order valence-electron chi connectivity index (χ3n) is 4.39. The molecule has 2 heterocycles. The maximum Gasteiger partial charge on any atom is 0.276 e. The molecule has 0 spiro atoms. The van der Waals surface area contributed by atoms with Crippen LogP contribution in [0.3, 0.4) is 0 Å². The predicted octanol–water partition coefficient (Wildman–Crippen LogP) is 3.81. The molecule has 2 N–H and O–H groups in total. The van der Waals surface area contributed by atoms with Crippen LogP contribution in [0.1, 0.15) is 21.0 Å².